The average Bonchev–Trinajstić information content (AvgIpc) is 2.99. The van der Waals surface area contributed by atoms with Crippen LogP contribution in [0.5, 0.6) is 0 Å². The maximum absolute atomic E-state index is 12.4. The minimum Gasteiger partial charge on any atom is -0.422 e. The van der Waals surface area contributed by atoms with Crippen LogP contribution in [0.2, 0.25) is 0 Å². The standard InChI is InChI=1S/C14H12O3S/c1-8-9-4-2-5-10(13(9)17-14(8)16)12(15)11-6-3-7-18-11/h3,6-7H,2,4-5H2,1H3. The van der Waals surface area contributed by atoms with E-state index in [1.807, 2.05) is 17.5 Å². The summed E-state index contributed by atoms with van der Waals surface area (Å²) in [6.07, 6.45) is 2.42. The molecule has 0 N–H and O–H groups in total. The first-order valence-electron chi connectivity index (χ1n) is 5.92. The van der Waals surface area contributed by atoms with Gasteiger partial charge in [0.15, 0.2) is 0 Å². The van der Waals surface area contributed by atoms with E-state index in [0.717, 1.165) is 18.4 Å². The highest BCUT2D eigenvalue weighted by Gasteiger charge is 2.34. The summed E-state index contributed by atoms with van der Waals surface area (Å²) in [5, 5.41) is 1.88. The molecule has 92 valence electrons. The van der Waals surface area contributed by atoms with Gasteiger partial charge in [0, 0.05) is 16.7 Å². The number of allylic oxidation sites excluding steroid dienone is 2. The third-order valence-electron chi connectivity index (χ3n) is 3.37. The monoisotopic (exact) mass is 260 g/mol. The summed E-state index contributed by atoms with van der Waals surface area (Å²) in [7, 11) is 0. The second kappa shape index (κ2) is 4.21. The Bertz CT molecular complexity index is 591. The topological polar surface area (TPSA) is 43.4 Å². The van der Waals surface area contributed by atoms with Gasteiger partial charge in [-0.1, -0.05) is 6.07 Å². The number of fused-ring (bicyclic) bond motifs is 1. The predicted molar refractivity (Wildman–Crippen MR) is 68.3 cm³/mol. The molecule has 2 aliphatic rings. The van der Waals surface area contributed by atoms with Gasteiger partial charge in [-0.2, -0.15) is 0 Å². The van der Waals surface area contributed by atoms with E-state index in [1.54, 1.807) is 6.92 Å². The Hall–Kier alpha value is -1.68. The highest BCUT2D eigenvalue weighted by Crippen LogP contribution is 2.39. The van der Waals surface area contributed by atoms with Crippen molar-refractivity contribution in [1.29, 1.82) is 0 Å². The van der Waals surface area contributed by atoms with Gasteiger partial charge in [-0.3, -0.25) is 4.79 Å². The van der Waals surface area contributed by atoms with Crippen LogP contribution in [0, 0.1) is 0 Å². The van der Waals surface area contributed by atoms with E-state index >= 15 is 0 Å². The molecule has 0 atom stereocenters. The molecule has 0 radical (unpaired) electrons. The lowest BCUT2D eigenvalue weighted by Gasteiger charge is -2.16. The molecule has 0 fully saturated rings. The van der Waals surface area contributed by atoms with Crippen molar-refractivity contribution in [2.24, 2.45) is 0 Å². The highest BCUT2D eigenvalue weighted by molar-refractivity contribution is 7.12. The molecule has 1 aliphatic heterocycles. The van der Waals surface area contributed by atoms with Gasteiger partial charge in [-0.25, -0.2) is 4.79 Å². The lowest BCUT2D eigenvalue weighted by atomic mass is 9.89. The molecule has 0 bridgehead atoms. The molecular formula is C14H12O3S. The fourth-order valence-corrected chi connectivity index (χ4v) is 3.09. The van der Waals surface area contributed by atoms with Crippen LogP contribution in [0.15, 0.2) is 40.0 Å². The Kier molecular flexibility index (Phi) is 2.67. The van der Waals surface area contributed by atoms with Crippen molar-refractivity contribution >= 4 is 23.1 Å². The fraction of sp³-hybridized carbons (Fsp3) is 0.286. The van der Waals surface area contributed by atoms with Gasteiger partial charge in [0.05, 0.1) is 4.88 Å². The Balaban J connectivity index is 2.07. The molecule has 1 aliphatic carbocycles. The zero-order chi connectivity index (χ0) is 12.7. The van der Waals surface area contributed by atoms with Gasteiger partial charge in [0.25, 0.3) is 0 Å². The lowest BCUT2D eigenvalue weighted by Crippen LogP contribution is -2.11. The number of carbonyl (C=O) groups is 2. The minimum absolute atomic E-state index is 0.000278. The summed E-state index contributed by atoms with van der Waals surface area (Å²) < 4.78 is 5.26. The number of ether oxygens (including phenoxy) is 1. The number of hydrogen-bond donors (Lipinski definition) is 0. The quantitative estimate of drug-likeness (QED) is 0.605. The van der Waals surface area contributed by atoms with Crippen molar-refractivity contribution in [2.75, 3.05) is 0 Å². The highest BCUT2D eigenvalue weighted by atomic mass is 32.1. The fourth-order valence-electron chi connectivity index (χ4n) is 2.40. The van der Waals surface area contributed by atoms with Gasteiger partial charge in [0.2, 0.25) is 5.78 Å². The second-order valence-corrected chi connectivity index (χ2v) is 5.41. The lowest BCUT2D eigenvalue weighted by molar-refractivity contribution is -0.133. The molecule has 1 aromatic heterocycles. The van der Waals surface area contributed by atoms with Crippen LogP contribution in [0.4, 0.5) is 0 Å². The van der Waals surface area contributed by atoms with Crippen LogP contribution >= 0.6 is 11.3 Å². The second-order valence-electron chi connectivity index (χ2n) is 4.46. The van der Waals surface area contributed by atoms with Crippen LogP contribution < -0.4 is 0 Å². The summed E-state index contributed by atoms with van der Waals surface area (Å²) in [6.45, 7) is 1.77. The summed E-state index contributed by atoms with van der Waals surface area (Å²) >= 11 is 1.42. The molecule has 1 aromatic rings. The maximum Gasteiger partial charge on any atom is 0.339 e. The molecular weight excluding hydrogens is 248 g/mol. The van der Waals surface area contributed by atoms with Gasteiger partial charge >= 0.3 is 5.97 Å². The Morgan fingerprint density at radius 1 is 1.39 bits per heavy atom. The normalized spacial score (nSPS) is 19.1. The number of hydrogen-bond acceptors (Lipinski definition) is 4. The molecule has 0 saturated carbocycles. The van der Waals surface area contributed by atoms with E-state index in [9.17, 15) is 9.59 Å². The van der Waals surface area contributed by atoms with Crippen molar-refractivity contribution in [2.45, 2.75) is 26.2 Å². The van der Waals surface area contributed by atoms with Crippen molar-refractivity contribution in [1.82, 2.24) is 0 Å². The SMILES string of the molecule is CC1=C2CCCC(C(=O)c3cccs3)=C2OC1=O. The zero-order valence-electron chi connectivity index (χ0n) is 9.99. The van der Waals surface area contributed by atoms with E-state index in [2.05, 4.69) is 0 Å². The number of thiophene rings is 1. The van der Waals surface area contributed by atoms with Gasteiger partial charge in [-0.05, 0) is 37.6 Å². The summed E-state index contributed by atoms with van der Waals surface area (Å²) in [4.78, 5) is 24.6. The van der Waals surface area contributed by atoms with Gasteiger partial charge in [0.1, 0.15) is 5.76 Å². The molecule has 0 spiro atoms. The van der Waals surface area contributed by atoms with Crippen molar-refractivity contribution in [3.05, 3.63) is 44.9 Å². The van der Waals surface area contributed by atoms with E-state index in [0.29, 0.717) is 28.2 Å². The first-order chi connectivity index (χ1) is 8.68. The molecule has 3 nitrogen and oxygen atoms in total. The van der Waals surface area contributed by atoms with Crippen LogP contribution in [0.1, 0.15) is 35.9 Å². The number of carbonyl (C=O) groups excluding carboxylic acids is 2. The summed E-state index contributed by atoms with van der Waals surface area (Å²) in [5.41, 5.74) is 2.23. The number of ketones is 1. The van der Waals surface area contributed by atoms with Gasteiger partial charge < -0.3 is 4.74 Å². The zero-order valence-corrected chi connectivity index (χ0v) is 10.8. The maximum atomic E-state index is 12.4. The van der Waals surface area contributed by atoms with Crippen LogP contribution in [-0.2, 0) is 9.53 Å². The van der Waals surface area contributed by atoms with Crippen LogP contribution in [-0.4, -0.2) is 11.8 Å². The number of esters is 1. The van der Waals surface area contributed by atoms with Crippen molar-refractivity contribution in [3.8, 4) is 0 Å². The minimum atomic E-state index is -0.307. The van der Waals surface area contributed by atoms with Gasteiger partial charge in [-0.15, -0.1) is 11.3 Å². The Morgan fingerprint density at radius 2 is 2.22 bits per heavy atom. The van der Waals surface area contributed by atoms with E-state index in [1.165, 1.54) is 11.3 Å². The van der Waals surface area contributed by atoms with Crippen molar-refractivity contribution < 1.29 is 14.3 Å². The summed E-state index contributed by atoms with van der Waals surface area (Å²) in [6, 6.07) is 3.66. The average molecular weight is 260 g/mol. The Morgan fingerprint density at radius 3 is 2.94 bits per heavy atom. The third-order valence-corrected chi connectivity index (χ3v) is 4.24. The molecule has 3 rings (SSSR count). The Labute approximate surface area is 109 Å². The van der Waals surface area contributed by atoms with E-state index in [4.69, 9.17) is 4.74 Å². The summed E-state index contributed by atoms with van der Waals surface area (Å²) in [5.74, 6) is 0.222. The van der Waals surface area contributed by atoms with E-state index < -0.39 is 0 Å². The van der Waals surface area contributed by atoms with Crippen molar-refractivity contribution in [3.63, 3.8) is 0 Å². The predicted octanol–water partition coefficient (Wildman–Crippen LogP) is 3.24. The molecule has 0 unspecified atom stereocenters. The molecule has 0 saturated heterocycles. The molecule has 0 amide bonds. The van der Waals surface area contributed by atoms with Crippen LogP contribution in [0.25, 0.3) is 0 Å². The number of Topliss-reactive ketones (excluding diaryl/α,β-unsaturated/α-hetero) is 1. The molecule has 0 aromatic carbocycles. The number of rotatable bonds is 2. The first-order valence-corrected chi connectivity index (χ1v) is 6.80. The molecule has 4 heteroatoms. The largest absolute Gasteiger partial charge is 0.422 e. The third kappa shape index (κ3) is 1.64. The molecule has 18 heavy (non-hydrogen) atoms. The first kappa shape index (κ1) is 11.4. The van der Waals surface area contributed by atoms with Crippen LogP contribution in [0.3, 0.4) is 0 Å². The molecule has 2 heterocycles. The smallest absolute Gasteiger partial charge is 0.339 e. The van der Waals surface area contributed by atoms with E-state index in [-0.39, 0.29) is 11.8 Å².